The second-order valence-electron chi connectivity index (χ2n) is 6.07. The van der Waals surface area contributed by atoms with E-state index in [0.717, 1.165) is 0 Å². The molecular formula is C18H20F2N4O. The number of hydrogen-bond donors (Lipinski definition) is 1. The van der Waals surface area contributed by atoms with Crippen molar-refractivity contribution >= 4 is 17.4 Å². The van der Waals surface area contributed by atoms with Crippen molar-refractivity contribution in [2.45, 2.75) is 26.2 Å². The molecule has 0 saturated carbocycles. The third-order valence-electron chi connectivity index (χ3n) is 4.46. The van der Waals surface area contributed by atoms with Gasteiger partial charge in [0.1, 0.15) is 12.1 Å². The van der Waals surface area contributed by atoms with E-state index in [1.165, 1.54) is 30.6 Å². The first kappa shape index (κ1) is 17.3. The smallest absolute Gasteiger partial charge is 0.227 e. The van der Waals surface area contributed by atoms with Gasteiger partial charge in [-0.25, -0.2) is 18.7 Å². The van der Waals surface area contributed by atoms with E-state index < -0.39 is 0 Å². The van der Waals surface area contributed by atoms with Crippen LogP contribution >= 0.6 is 0 Å². The van der Waals surface area contributed by atoms with Crippen LogP contribution in [0.4, 0.5) is 20.3 Å². The fourth-order valence-corrected chi connectivity index (χ4v) is 2.99. The number of anilines is 2. The van der Waals surface area contributed by atoms with Crippen LogP contribution in [0, 0.1) is 17.6 Å². The van der Waals surface area contributed by atoms with Crippen LogP contribution in [-0.4, -0.2) is 29.0 Å². The van der Waals surface area contributed by atoms with Crippen LogP contribution in [0.2, 0.25) is 0 Å². The number of halogens is 2. The second kappa shape index (κ2) is 7.55. The molecule has 0 atom stereocenters. The number of carbonyl (C=O) groups is 1. The molecule has 0 spiro atoms. The molecule has 2 aromatic rings. The molecule has 2 heterocycles. The zero-order valence-electron chi connectivity index (χ0n) is 14.0. The number of piperidine rings is 1. The molecule has 0 unspecified atom stereocenters. The number of benzene rings is 1. The van der Waals surface area contributed by atoms with E-state index in [1.807, 2.05) is 11.8 Å². The number of aryl methyl sites for hydroxylation is 1. The Balaban J connectivity index is 1.60. The van der Waals surface area contributed by atoms with Gasteiger partial charge < -0.3 is 10.2 Å². The first-order valence-electron chi connectivity index (χ1n) is 8.39. The van der Waals surface area contributed by atoms with Gasteiger partial charge in [0.05, 0.1) is 5.69 Å². The lowest BCUT2D eigenvalue weighted by Crippen LogP contribution is -2.39. The Morgan fingerprint density at radius 1 is 1.20 bits per heavy atom. The summed E-state index contributed by atoms with van der Waals surface area (Å²) in [6.07, 6.45) is 3.11. The minimum Gasteiger partial charge on any atom is -0.354 e. The Labute approximate surface area is 145 Å². The van der Waals surface area contributed by atoms with Crippen LogP contribution < -0.4 is 10.2 Å². The summed E-state index contributed by atoms with van der Waals surface area (Å²) < 4.78 is 27.3. The van der Waals surface area contributed by atoms with Gasteiger partial charge in [-0.2, -0.15) is 0 Å². The summed E-state index contributed by atoms with van der Waals surface area (Å²) in [5.41, 5.74) is 0.976. The molecular weight excluding hydrogens is 326 g/mol. The summed E-state index contributed by atoms with van der Waals surface area (Å²) >= 11 is 0. The predicted molar refractivity (Wildman–Crippen MR) is 91.3 cm³/mol. The van der Waals surface area contributed by atoms with Gasteiger partial charge in [0, 0.05) is 24.7 Å². The maximum Gasteiger partial charge on any atom is 0.227 e. The van der Waals surface area contributed by atoms with Crippen molar-refractivity contribution in [2.75, 3.05) is 23.3 Å². The van der Waals surface area contributed by atoms with E-state index in [1.54, 1.807) is 0 Å². The van der Waals surface area contributed by atoms with E-state index in [0.29, 0.717) is 49.6 Å². The fourth-order valence-electron chi connectivity index (χ4n) is 2.99. The van der Waals surface area contributed by atoms with Crippen LogP contribution in [-0.2, 0) is 11.2 Å². The van der Waals surface area contributed by atoms with E-state index in [2.05, 4.69) is 15.3 Å². The van der Waals surface area contributed by atoms with Crippen LogP contribution in [0.15, 0.2) is 30.6 Å². The number of nitrogens with zero attached hydrogens (tertiary/aromatic N) is 3. The number of aromatic nitrogens is 2. The SMILES string of the molecule is CCc1ncnc(N2CCC(C(=O)Nc3ccc(F)cc3)CC2)c1F. The maximum atomic E-state index is 14.4. The lowest BCUT2D eigenvalue weighted by Gasteiger charge is -2.32. The van der Waals surface area contributed by atoms with Crippen molar-refractivity contribution in [3.63, 3.8) is 0 Å². The van der Waals surface area contributed by atoms with Crippen molar-refractivity contribution in [1.82, 2.24) is 9.97 Å². The molecule has 1 aromatic carbocycles. The molecule has 1 aliphatic heterocycles. The first-order chi connectivity index (χ1) is 12.1. The molecule has 0 bridgehead atoms. The topological polar surface area (TPSA) is 58.1 Å². The first-order valence-corrected chi connectivity index (χ1v) is 8.39. The summed E-state index contributed by atoms with van der Waals surface area (Å²) in [4.78, 5) is 22.2. The van der Waals surface area contributed by atoms with Gasteiger partial charge in [0.25, 0.3) is 0 Å². The van der Waals surface area contributed by atoms with Gasteiger partial charge in [-0.3, -0.25) is 4.79 Å². The highest BCUT2D eigenvalue weighted by Crippen LogP contribution is 2.25. The molecule has 1 fully saturated rings. The molecule has 1 N–H and O–H groups in total. The van der Waals surface area contributed by atoms with Crippen LogP contribution in [0.25, 0.3) is 0 Å². The highest BCUT2D eigenvalue weighted by atomic mass is 19.1. The van der Waals surface area contributed by atoms with Gasteiger partial charge in [0.2, 0.25) is 5.91 Å². The van der Waals surface area contributed by atoms with E-state index in [-0.39, 0.29) is 23.5 Å². The molecule has 0 aliphatic carbocycles. The molecule has 1 aromatic heterocycles. The zero-order valence-corrected chi connectivity index (χ0v) is 14.0. The minimum atomic E-state index is -0.376. The summed E-state index contributed by atoms with van der Waals surface area (Å²) in [6, 6.07) is 5.68. The van der Waals surface area contributed by atoms with Crippen molar-refractivity contribution in [3.8, 4) is 0 Å². The van der Waals surface area contributed by atoms with Crippen molar-refractivity contribution in [2.24, 2.45) is 5.92 Å². The quantitative estimate of drug-likeness (QED) is 0.924. The summed E-state index contributed by atoms with van der Waals surface area (Å²) in [7, 11) is 0. The van der Waals surface area contributed by atoms with Gasteiger partial charge >= 0.3 is 0 Å². The largest absolute Gasteiger partial charge is 0.354 e. The number of amides is 1. The molecule has 1 saturated heterocycles. The third kappa shape index (κ3) is 3.92. The number of carbonyl (C=O) groups excluding carboxylic acids is 1. The average molecular weight is 346 g/mol. The van der Waals surface area contributed by atoms with E-state index in [9.17, 15) is 13.6 Å². The standard InChI is InChI=1S/C18H20F2N4O/c1-2-15-16(20)17(22-11-21-15)24-9-7-12(8-10-24)18(25)23-14-5-3-13(19)4-6-14/h3-6,11-12H,2,7-10H2,1H3,(H,23,25). The molecule has 5 nitrogen and oxygen atoms in total. The molecule has 1 amide bonds. The van der Waals surface area contributed by atoms with Crippen molar-refractivity contribution in [3.05, 3.63) is 47.9 Å². The van der Waals surface area contributed by atoms with E-state index in [4.69, 9.17) is 0 Å². The molecule has 25 heavy (non-hydrogen) atoms. The molecule has 3 rings (SSSR count). The molecule has 132 valence electrons. The lowest BCUT2D eigenvalue weighted by molar-refractivity contribution is -0.120. The Morgan fingerprint density at radius 2 is 1.88 bits per heavy atom. The number of nitrogens with one attached hydrogen (secondary N) is 1. The Morgan fingerprint density at radius 3 is 2.52 bits per heavy atom. The van der Waals surface area contributed by atoms with Crippen LogP contribution in [0.5, 0.6) is 0 Å². The Hall–Kier alpha value is -2.57. The van der Waals surface area contributed by atoms with Crippen molar-refractivity contribution in [1.29, 1.82) is 0 Å². The van der Waals surface area contributed by atoms with Gasteiger partial charge in [-0.1, -0.05) is 6.92 Å². The summed E-state index contributed by atoms with van der Waals surface area (Å²) in [5, 5.41) is 2.80. The summed E-state index contributed by atoms with van der Waals surface area (Å²) in [6.45, 7) is 2.96. The van der Waals surface area contributed by atoms with Crippen LogP contribution in [0.3, 0.4) is 0 Å². The van der Waals surface area contributed by atoms with E-state index >= 15 is 0 Å². The molecule has 1 aliphatic rings. The Bertz CT molecular complexity index is 743. The highest BCUT2D eigenvalue weighted by Gasteiger charge is 2.27. The zero-order chi connectivity index (χ0) is 17.8. The van der Waals surface area contributed by atoms with Gasteiger partial charge in [-0.05, 0) is 43.5 Å². The molecule has 0 radical (unpaired) electrons. The molecule has 7 heteroatoms. The Kier molecular flexibility index (Phi) is 5.21. The van der Waals surface area contributed by atoms with Crippen molar-refractivity contribution < 1.29 is 13.6 Å². The normalized spacial score (nSPS) is 15.2. The van der Waals surface area contributed by atoms with Crippen LogP contribution in [0.1, 0.15) is 25.5 Å². The summed E-state index contributed by atoms with van der Waals surface area (Å²) in [5.74, 6) is -0.659. The monoisotopic (exact) mass is 346 g/mol. The third-order valence-corrected chi connectivity index (χ3v) is 4.46. The number of rotatable bonds is 4. The fraction of sp³-hybridized carbons (Fsp3) is 0.389. The maximum absolute atomic E-state index is 14.4. The average Bonchev–Trinajstić information content (AvgIpc) is 2.64. The van der Waals surface area contributed by atoms with Gasteiger partial charge in [0.15, 0.2) is 11.6 Å². The van der Waals surface area contributed by atoms with Gasteiger partial charge in [-0.15, -0.1) is 0 Å². The minimum absolute atomic E-state index is 0.0938. The predicted octanol–water partition coefficient (Wildman–Crippen LogP) is 3.17. The highest BCUT2D eigenvalue weighted by molar-refractivity contribution is 5.92. The lowest BCUT2D eigenvalue weighted by atomic mass is 9.95. The second-order valence-corrected chi connectivity index (χ2v) is 6.07. The number of hydrogen-bond acceptors (Lipinski definition) is 4.